The molecule has 2 fully saturated rings. The van der Waals surface area contributed by atoms with Crippen LogP contribution >= 0.6 is 11.3 Å². The molecule has 2 aliphatic heterocycles. The molecule has 2 saturated heterocycles. The fraction of sp³-hybridized carbons (Fsp3) is 0.500. The maximum Gasteiger partial charge on any atom is 0.434 e. The molecule has 3 heterocycles. The van der Waals surface area contributed by atoms with E-state index in [1.807, 2.05) is 4.90 Å². The summed E-state index contributed by atoms with van der Waals surface area (Å²) in [6.07, 6.45) is -2.35. The van der Waals surface area contributed by atoms with Gasteiger partial charge in [-0.05, 0) is 37.3 Å². The number of hydrogen-bond donors (Lipinski definition) is 1. The SMILES string of the molecule is OC1(Cc2ccc(F)cc2F)CC2CCC(C1)N2c1nc(C(F)(F)F)cs1. The van der Waals surface area contributed by atoms with Crippen LogP contribution in [0.25, 0.3) is 0 Å². The van der Waals surface area contributed by atoms with Crippen molar-refractivity contribution < 1.29 is 27.1 Å². The van der Waals surface area contributed by atoms with Crippen LogP contribution < -0.4 is 4.90 Å². The highest BCUT2D eigenvalue weighted by molar-refractivity contribution is 7.13. The molecule has 0 radical (unpaired) electrons. The highest BCUT2D eigenvalue weighted by Gasteiger charge is 2.49. The van der Waals surface area contributed by atoms with Crippen molar-refractivity contribution in [3.63, 3.8) is 0 Å². The van der Waals surface area contributed by atoms with Crippen molar-refractivity contribution >= 4 is 16.5 Å². The van der Waals surface area contributed by atoms with Gasteiger partial charge in [0.15, 0.2) is 10.8 Å². The Balaban J connectivity index is 1.53. The smallest absolute Gasteiger partial charge is 0.389 e. The number of alkyl halides is 3. The number of anilines is 1. The first-order valence-electron chi connectivity index (χ1n) is 8.62. The number of aliphatic hydroxyl groups is 1. The van der Waals surface area contributed by atoms with E-state index in [0.29, 0.717) is 18.0 Å². The van der Waals surface area contributed by atoms with Crippen LogP contribution in [0, 0.1) is 11.6 Å². The standard InChI is InChI=1S/C18H17F5N2OS/c19-11-2-1-10(14(20)5-11)6-17(26)7-12-3-4-13(8-17)25(12)16-24-15(9-27-16)18(21,22)23/h1-2,5,9,12-13,26H,3-4,6-8H2. The second kappa shape index (κ2) is 6.41. The number of rotatable bonds is 3. The predicted octanol–water partition coefficient (Wildman–Crippen LogP) is 4.55. The van der Waals surface area contributed by atoms with Crippen molar-refractivity contribution in [2.75, 3.05) is 4.90 Å². The quantitative estimate of drug-likeness (QED) is 0.763. The van der Waals surface area contributed by atoms with Crippen molar-refractivity contribution in [3.8, 4) is 0 Å². The Morgan fingerprint density at radius 3 is 2.41 bits per heavy atom. The van der Waals surface area contributed by atoms with E-state index in [9.17, 15) is 27.1 Å². The summed E-state index contributed by atoms with van der Waals surface area (Å²) in [5.74, 6) is -1.38. The molecule has 3 nitrogen and oxygen atoms in total. The van der Waals surface area contributed by atoms with Crippen molar-refractivity contribution in [2.45, 2.75) is 56.0 Å². The summed E-state index contributed by atoms with van der Waals surface area (Å²) in [5.41, 5.74) is -1.85. The fourth-order valence-corrected chi connectivity index (χ4v) is 5.29. The Labute approximate surface area is 156 Å². The van der Waals surface area contributed by atoms with E-state index in [4.69, 9.17) is 0 Å². The number of benzene rings is 1. The normalized spacial score (nSPS) is 28.0. The Kier molecular flexibility index (Phi) is 4.42. The second-order valence-corrected chi connectivity index (χ2v) is 8.19. The zero-order valence-corrected chi connectivity index (χ0v) is 15.0. The third-order valence-electron chi connectivity index (χ3n) is 5.39. The Morgan fingerprint density at radius 2 is 1.85 bits per heavy atom. The zero-order valence-electron chi connectivity index (χ0n) is 14.1. The number of fused-ring (bicyclic) bond motifs is 2. The molecule has 0 saturated carbocycles. The van der Waals surface area contributed by atoms with Gasteiger partial charge in [-0.3, -0.25) is 0 Å². The second-order valence-electron chi connectivity index (χ2n) is 7.35. The molecular weight excluding hydrogens is 387 g/mol. The molecule has 0 spiro atoms. The minimum atomic E-state index is -4.48. The van der Waals surface area contributed by atoms with Gasteiger partial charge in [0.25, 0.3) is 0 Å². The third-order valence-corrected chi connectivity index (χ3v) is 6.24. The molecule has 2 unspecified atom stereocenters. The molecule has 0 amide bonds. The van der Waals surface area contributed by atoms with E-state index in [-0.39, 0.29) is 24.1 Å². The number of halogens is 5. The summed E-state index contributed by atoms with van der Waals surface area (Å²) in [5, 5.41) is 12.3. The van der Waals surface area contributed by atoms with Crippen LogP contribution in [-0.4, -0.2) is 27.8 Å². The van der Waals surface area contributed by atoms with Crippen LogP contribution in [0.4, 0.5) is 27.1 Å². The molecule has 2 bridgehead atoms. The van der Waals surface area contributed by atoms with Crippen LogP contribution in [0.5, 0.6) is 0 Å². The largest absolute Gasteiger partial charge is 0.434 e. The first-order chi connectivity index (χ1) is 12.6. The van der Waals surface area contributed by atoms with E-state index in [2.05, 4.69) is 4.98 Å². The number of aromatic nitrogens is 1. The Hall–Kier alpha value is -1.74. The molecule has 2 aliphatic rings. The Morgan fingerprint density at radius 1 is 1.19 bits per heavy atom. The molecule has 9 heteroatoms. The van der Waals surface area contributed by atoms with Crippen LogP contribution in [0.1, 0.15) is 36.9 Å². The topological polar surface area (TPSA) is 36.4 Å². The predicted molar refractivity (Wildman–Crippen MR) is 90.7 cm³/mol. The van der Waals surface area contributed by atoms with Gasteiger partial charge in [-0.1, -0.05) is 6.07 Å². The molecule has 1 aromatic heterocycles. The summed E-state index contributed by atoms with van der Waals surface area (Å²) in [4.78, 5) is 5.61. The van der Waals surface area contributed by atoms with Gasteiger partial charge in [0.05, 0.1) is 5.60 Å². The number of thiazole rings is 1. The van der Waals surface area contributed by atoms with Gasteiger partial charge >= 0.3 is 6.18 Å². The van der Waals surface area contributed by atoms with Crippen LogP contribution in [0.3, 0.4) is 0 Å². The fourth-order valence-electron chi connectivity index (χ4n) is 4.31. The average Bonchev–Trinajstić information content (AvgIpc) is 3.13. The van der Waals surface area contributed by atoms with Crippen molar-refractivity contribution in [3.05, 3.63) is 46.5 Å². The average molecular weight is 404 g/mol. The minimum absolute atomic E-state index is 0.0472. The first kappa shape index (κ1) is 18.6. The molecular formula is C18H17F5N2OS. The van der Waals surface area contributed by atoms with Crippen LogP contribution in [0.2, 0.25) is 0 Å². The molecule has 1 aromatic carbocycles. The van der Waals surface area contributed by atoms with E-state index in [0.717, 1.165) is 41.7 Å². The van der Waals surface area contributed by atoms with E-state index in [1.54, 1.807) is 0 Å². The number of nitrogens with zero attached hydrogens (tertiary/aromatic N) is 2. The number of piperidine rings is 1. The molecule has 2 aromatic rings. The molecule has 146 valence electrons. The van der Waals surface area contributed by atoms with Crippen LogP contribution in [0.15, 0.2) is 23.6 Å². The molecule has 1 N–H and O–H groups in total. The van der Waals surface area contributed by atoms with Gasteiger partial charge in [-0.2, -0.15) is 13.2 Å². The number of hydrogen-bond acceptors (Lipinski definition) is 4. The highest BCUT2D eigenvalue weighted by Crippen LogP contribution is 2.46. The van der Waals surface area contributed by atoms with Gasteiger partial charge in [0.2, 0.25) is 0 Å². The summed E-state index contributed by atoms with van der Waals surface area (Å²) >= 11 is 0.950. The van der Waals surface area contributed by atoms with Crippen molar-refractivity contribution in [1.82, 2.24) is 4.98 Å². The molecule has 27 heavy (non-hydrogen) atoms. The summed E-state index contributed by atoms with van der Waals surface area (Å²) in [6, 6.07) is 2.97. The lowest BCUT2D eigenvalue weighted by molar-refractivity contribution is -0.140. The van der Waals surface area contributed by atoms with E-state index < -0.39 is 29.1 Å². The minimum Gasteiger partial charge on any atom is -0.389 e. The molecule has 0 aliphatic carbocycles. The molecule has 4 rings (SSSR count). The zero-order chi connectivity index (χ0) is 19.4. The van der Waals surface area contributed by atoms with E-state index in [1.165, 1.54) is 6.07 Å². The Bertz CT molecular complexity index is 839. The highest BCUT2D eigenvalue weighted by atomic mass is 32.1. The lowest BCUT2D eigenvalue weighted by Gasteiger charge is -2.44. The summed E-state index contributed by atoms with van der Waals surface area (Å²) in [7, 11) is 0. The van der Waals surface area contributed by atoms with Crippen molar-refractivity contribution in [1.29, 1.82) is 0 Å². The first-order valence-corrected chi connectivity index (χ1v) is 9.50. The van der Waals surface area contributed by atoms with Crippen molar-refractivity contribution in [2.24, 2.45) is 0 Å². The van der Waals surface area contributed by atoms with Gasteiger partial charge < -0.3 is 10.0 Å². The third kappa shape index (κ3) is 3.54. The summed E-state index contributed by atoms with van der Waals surface area (Å²) < 4.78 is 65.6. The maximum atomic E-state index is 14.0. The van der Waals surface area contributed by atoms with Gasteiger partial charge in [-0.25, -0.2) is 13.8 Å². The maximum absolute atomic E-state index is 14.0. The lowest BCUT2D eigenvalue weighted by Crippen LogP contribution is -2.52. The monoisotopic (exact) mass is 404 g/mol. The van der Waals surface area contributed by atoms with Gasteiger partial charge in [0.1, 0.15) is 11.6 Å². The lowest BCUT2D eigenvalue weighted by atomic mass is 9.81. The van der Waals surface area contributed by atoms with Crippen LogP contribution in [-0.2, 0) is 12.6 Å². The molecule has 2 atom stereocenters. The summed E-state index contributed by atoms with van der Waals surface area (Å²) in [6.45, 7) is 0. The van der Waals surface area contributed by atoms with E-state index >= 15 is 0 Å². The van der Waals surface area contributed by atoms with Gasteiger partial charge in [0, 0.05) is 30.0 Å². The van der Waals surface area contributed by atoms with Gasteiger partial charge in [-0.15, -0.1) is 11.3 Å².